The monoisotopic (exact) mass is 398 g/mol. The number of carbonyl (C=O) groups is 1. The predicted molar refractivity (Wildman–Crippen MR) is 101 cm³/mol. The molecular weight excluding hydrogens is 382 g/mol. The van der Waals surface area contributed by atoms with Crippen LogP contribution < -0.4 is 5.32 Å². The molecule has 2 N–H and O–H groups in total. The van der Waals surface area contributed by atoms with Crippen molar-refractivity contribution < 1.29 is 18.1 Å². The predicted octanol–water partition coefficient (Wildman–Crippen LogP) is 3.71. The molecule has 1 amide bonds. The van der Waals surface area contributed by atoms with Crippen LogP contribution in [0.5, 0.6) is 0 Å². The van der Waals surface area contributed by atoms with Gasteiger partial charge in [0, 0.05) is 43.9 Å². The quantitative estimate of drug-likeness (QED) is 0.546. The zero-order valence-corrected chi connectivity index (χ0v) is 15.2. The number of hydrogen-bond acceptors (Lipinski definition) is 6. The first-order valence-corrected chi connectivity index (χ1v) is 9.13. The molecular formula is C19H16F2N6O2. The molecule has 29 heavy (non-hydrogen) atoms. The van der Waals surface area contributed by atoms with Crippen molar-refractivity contribution in [1.29, 1.82) is 0 Å². The van der Waals surface area contributed by atoms with E-state index in [2.05, 4.69) is 25.7 Å². The van der Waals surface area contributed by atoms with Crippen molar-refractivity contribution in [3.05, 3.63) is 42.2 Å². The summed E-state index contributed by atoms with van der Waals surface area (Å²) in [4.78, 5) is 18.4. The SMILES string of the molecule is O=C(c1noc2cc(Nc3n[nH]c4cccnc34)ccc12)N1CCC(F)(F)CC1. The van der Waals surface area contributed by atoms with Crippen molar-refractivity contribution in [1.82, 2.24) is 25.2 Å². The molecule has 5 rings (SSSR count). The highest BCUT2D eigenvalue weighted by molar-refractivity contribution is 6.04. The summed E-state index contributed by atoms with van der Waals surface area (Å²) in [7, 11) is 0. The molecule has 0 unspecified atom stereocenters. The summed E-state index contributed by atoms with van der Waals surface area (Å²) in [5, 5.41) is 14.7. The smallest absolute Gasteiger partial charge is 0.276 e. The summed E-state index contributed by atoms with van der Waals surface area (Å²) >= 11 is 0. The number of benzene rings is 1. The number of aromatic nitrogens is 4. The van der Waals surface area contributed by atoms with Gasteiger partial charge < -0.3 is 14.7 Å². The summed E-state index contributed by atoms with van der Waals surface area (Å²) in [6.45, 7) is -0.00187. The lowest BCUT2D eigenvalue weighted by Crippen LogP contribution is -2.42. The maximum absolute atomic E-state index is 13.3. The lowest BCUT2D eigenvalue weighted by atomic mass is 10.1. The van der Waals surface area contributed by atoms with Gasteiger partial charge in [-0.15, -0.1) is 0 Å². The number of nitrogens with zero attached hydrogens (tertiary/aromatic N) is 4. The molecule has 0 saturated carbocycles. The molecule has 1 saturated heterocycles. The van der Waals surface area contributed by atoms with E-state index in [4.69, 9.17) is 4.52 Å². The first-order valence-electron chi connectivity index (χ1n) is 9.13. The number of H-pyrrole nitrogens is 1. The second kappa shape index (κ2) is 6.50. The Morgan fingerprint density at radius 3 is 2.90 bits per heavy atom. The molecule has 1 aromatic carbocycles. The van der Waals surface area contributed by atoms with E-state index in [9.17, 15) is 13.6 Å². The fraction of sp³-hybridized carbons (Fsp3) is 0.263. The van der Waals surface area contributed by atoms with E-state index in [1.165, 1.54) is 4.90 Å². The van der Waals surface area contributed by atoms with Crippen LogP contribution in [-0.4, -0.2) is 50.2 Å². The van der Waals surface area contributed by atoms with E-state index >= 15 is 0 Å². The third-order valence-corrected chi connectivity index (χ3v) is 5.04. The highest BCUT2D eigenvalue weighted by atomic mass is 19.3. The number of nitrogens with one attached hydrogen (secondary N) is 2. The van der Waals surface area contributed by atoms with E-state index in [1.807, 2.05) is 12.1 Å². The van der Waals surface area contributed by atoms with Gasteiger partial charge in [0.15, 0.2) is 17.1 Å². The largest absolute Gasteiger partial charge is 0.355 e. The number of piperidine rings is 1. The van der Waals surface area contributed by atoms with Gasteiger partial charge in [-0.2, -0.15) is 5.10 Å². The number of halogens is 2. The fourth-order valence-corrected chi connectivity index (χ4v) is 3.43. The average molecular weight is 398 g/mol. The Morgan fingerprint density at radius 2 is 2.07 bits per heavy atom. The summed E-state index contributed by atoms with van der Waals surface area (Å²) in [6, 6.07) is 8.86. The van der Waals surface area contributed by atoms with Gasteiger partial charge in [-0.25, -0.2) is 8.78 Å². The van der Waals surface area contributed by atoms with Gasteiger partial charge in [-0.3, -0.25) is 14.9 Å². The summed E-state index contributed by atoms with van der Waals surface area (Å²) in [6.07, 6.45) is 1.000. The van der Waals surface area contributed by atoms with Crippen LogP contribution in [0.1, 0.15) is 23.3 Å². The Kier molecular flexibility index (Phi) is 3.93. The van der Waals surface area contributed by atoms with Gasteiger partial charge in [-0.1, -0.05) is 5.16 Å². The number of hydrogen-bond donors (Lipinski definition) is 2. The zero-order chi connectivity index (χ0) is 20.0. The first-order chi connectivity index (χ1) is 14.0. The van der Waals surface area contributed by atoms with Gasteiger partial charge in [0.25, 0.3) is 11.8 Å². The maximum Gasteiger partial charge on any atom is 0.276 e. The number of fused-ring (bicyclic) bond motifs is 2. The number of pyridine rings is 1. The number of alkyl halides is 2. The van der Waals surface area contributed by atoms with Crippen LogP contribution in [0, 0.1) is 0 Å². The molecule has 3 aromatic heterocycles. The molecule has 148 valence electrons. The van der Waals surface area contributed by atoms with Gasteiger partial charge in [0.1, 0.15) is 5.52 Å². The van der Waals surface area contributed by atoms with Crippen molar-refractivity contribution in [2.75, 3.05) is 18.4 Å². The summed E-state index contributed by atoms with van der Waals surface area (Å²) < 4.78 is 32.0. The molecule has 8 nitrogen and oxygen atoms in total. The number of carbonyl (C=O) groups excluding carboxylic acids is 1. The normalized spacial score (nSPS) is 16.4. The third-order valence-electron chi connectivity index (χ3n) is 5.04. The minimum Gasteiger partial charge on any atom is -0.355 e. The first kappa shape index (κ1) is 17.5. The van der Waals surface area contributed by atoms with Crippen LogP contribution in [0.2, 0.25) is 0 Å². The van der Waals surface area contributed by atoms with Gasteiger partial charge in [0.2, 0.25) is 0 Å². The second-order valence-electron chi connectivity index (χ2n) is 6.99. The summed E-state index contributed by atoms with van der Waals surface area (Å²) in [5.74, 6) is -2.55. The third kappa shape index (κ3) is 3.16. The maximum atomic E-state index is 13.3. The van der Waals surface area contributed by atoms with Crippen molar-refractivity contribution in [3.8, 4) is 0 Å². The molecule has 0 radical (unpaired) electrons. The highest BCUT2D eigenvalue weighted by Gasteiger charge is 2.36. The number of likely N-dealkylation sites (tertiary alicyclic amines) is 1. The number of amides is 1. The molecule has 1 aliphatic heterocycles. The topological polar surface area (TPSA) is 99.9 Å². The van der Waals surface area contributed by atoms with Crippen molar-refractivity contribution in [2.24, 2.45) is 0 Å². The van der Waals surface area contributed by atoms with Crippen molar-refractivity contribution in [2.45, 2.75) is 18.8 Å². The van der Waals surface area contributed by atoms with Crippen LogP contribution >= 0.6 is 0 Å². The van der Waals surface area contributed by atoms with Crippen LogP contribution in [-0.2, 0) is 0 Å². The van der Waals surface area contributed by atoms with E-state index < -0.39 is 11.8 Å². The van der Waals surface area contributed by atoms with E-state index in [0.29, 0.717) is 28.0 Å². The average Bonchev–Trinajstić information content (AvgIpc) is 3.32. The molecule has 1 aliphatic rings. The lowest BCUT2D eigenvalue weighted by Gasteiger charge is -2.31. The Labute approximate surface area is 162 Å². The molecule has 1 fully saturated rings. The zero-order valence-electron chi connectivity index (χ0n) is 15.2. The molecule has 0 atom stereocenters. The standard InChI is InChI=1S/C19H16F2N6O2/c20-19(21)5-8-27(9-6-19)18(28)15-12-4-3-11(10-14(12)29-26-15)23-17-16-13(24-25-17)2-1-7-22-16/h1-4,7,10H,5-6,8-9H2,(H2,23,24,25). The summed E-state index contributed by atoms with van der Waals surface area (Å²) in [5.41, 5.74) is 2.72. The molecule has 10 heteroatoms. The lowest BCUT2D eigenvalue weighted by molar-refractivity contribution is -0.0495. The Hall–Kier alpha value is -3.56. The fourth-order valence-electron chi connectivity index (χ4n) is 3.43. The minimum absolute atomic E-state index is 0.000934. The van der Waals surface area contributed by atoms with E-state index in [1.54, 1.807) is 24.4 Å². The van der Waals surface area contributed by atoms with Crippen LogP contribution in [0.15, 0.2) is 41.1 Å². The van der Waals surface area contributed by atoms with Crippen LogP contribution in [0.25, 0.3) is 22.0 Å². The van der Waals surface area contributed by atoms with E-state index in [-0.39, 0.29) is 31.6 Å². The van der Waals surface area contributed by atoms with Gasteiger partial charge in [0.05, 0.1) is 10.9 Å². The van der Waals surface area contributed by atoms with Crippen molar-refractivity contribution >= 4 is 39.4 Å². The molecule has 4 aromatic rings. The molecule has 0 spiro atoms. The van der Waals surface area contributed by atoms with Crippen LogP contribution in [0.3, 0.4) is 0 Å². The minimum atomic E-state index is -2.71. The van der Waals surface area contributed by atoms with Crippen LogP contribution in [0.4, 0.5) is 20.3 Å². The highest BCUT2D eigenvalue weighted by Crippen LogP contribution is 2.30. The number of aromatic amines is 1. The van der Waals surface area contributed by atoms with Gasteiger partial charge in [-0.05, 0) is 24.3 Å². The molecule has 4 heterocycles. The number of rotatable bonds is 3. The number of anilines is 2. The Bertz CT molecular complexity index is 1210. The molecule has 0 aliphatic carbocycles. The van der Waals surface area contributed by atoms with Gasteiger partial charge >= 0.3 is 0 Å². The Morgan fingerprint density at radius 1 is 1.24 bits per heavy atom. The Balaban J connectivity index is 1.39. The van der Waals surface area contributed by atoms with Crippen molar-refractivity contribution in [3.63, 3.8) is 0 Å². The second-order valence-corrected chi connectivity index (χ2v) is 6.99. The van der Waals surface area contributed by atoms with E-state index in [0.717, 1.165) is 5.52 Å². The molecule has 0 bridgehead atoms.